The summed E-state index contributed by atoms with van der Waals surface area (Å²) >= 11 is 18.9. The Balaban J connectivity index is 0.000000182. The molecule has 472 valence electrons. The van der Waals surface area contributed by atoms with Gasteiger partial charge in [-0.2, -0.15) is 0 Å². The number of aliphatic carboxylic acids is 1. The third-order valence-corrected chi connectivity index (χ3v) is 15.1. The molecule has 10 aromatic rings. The zero-order chi connectivity index (χ0) is 66.2. The Hall–Kier alpha value is -10.3. The summed E-state index contributed by atoms with van der Waals surface area (Å²) in [5.74, 6) is 1.12. The molecule has 2 amide bonds. The molecule has 0 fully saturated rings. The van der Waals surface area contributed by atoms with Gasteiger partial charge in [0.25, 0.3) is 11.8 Å². The number of carboxylic acids is 1. The third-order valence-electron chi connectivity index (χ3n) is 14.2. The average molecular weight is 1300 g/mol. The molecular formula is C69H67Cl3N12O8. The van der Waals surface area contributed by atoms with Crippen LogP contribution < -0.4 is 31.1 Å². The van der Waals surface area contributed by atoms with Crippen LogP contribution in [0.2, 0.25) is 15.5 Å². The van der Waals surface area contributed by atoms with Crippen molar-refractivity contribution in [1.29, 1.82) is 0 Å². The van der Waals surface area contributed by atoms with Crippen LogP contribution in [0.3, 0.4) is 0 Å². The molecule has 0 aliphatic carbocycles. The zero-order valence-corrected chi connectivity index (χ0v) is 54.1. The van der Waals surface area contributed by atoms with Crippen molar-refractivity contribution in [3.8, 4) is 0 Å². The molecule has 23 heteroatoms. The van der Waals surface area contributed by atoms with E-state index in [1.54, 1.807) is 28.8 Å². The van der Waals surface area contributed by atoms with E-state index >= 15 is 0 Å². The number of nitrogens with one attached hydrogen (secondary N) is 2. The van der Waals surface area contributed by atoms with Crippen LogP contribution in [0, 0.1) is 0 Å². The fraction of sp³-hybridized carbons (Fsp3) is 0.203. The first-order valence-corrected chi connectivity index (χ1v) is 29.8. The molecule has 20 nitrogen and oxygen atoms in total. The van der Waals surface area contributed by atoms with Crippen LogP contribution in [0.15, 0.2) is 158 Å². The summed E-state index contributed by atoms with van der Waals surface area (Å²) in [6, 6.07) is 49.5. The number of rotatable bonds is 19. The number of hydrogen-bond donors (Lipinski definition) is 4. The monoisotopic (exact) mass is 1300 g/mol. The van der Waals surface area contributed by atoms with E-state index < -0.39 is 11.9 Å². The zero-order valence-electron chi connectivity index (χ0n) is 51.8. The Morgan fingerprint density at radius 3 is 1.07 bits per heavy atom. The van der Waals surface area contributed by atoms with E-state index in [1.165, 1.54) is 14.2 Å². The van der Waals surface area contributed by atoms with Crippen LogP contribution in [0.5, 0.6) is 0 Å². The number of benzene rings is 7. The summed E-state index contributed by atoms with van der Waals surface area (Å²) in [6.45, 7) is 0. The Morgan fingerprint density at radius 1 is 0.435 bits per heavy atom. The van der Waals surface area contributed by atoms with Crippen molar-refractivity contribution in [3.05, 3.63) is 235 Å². The van der Waals surface area contributed by atoms with Gasteiger partial charge in [-0.1, -0.05) is 132 Å². The van der Waals surface area contributed by atoms with Crippen LogP contribution in [-0.4, -0.2) is 121 Å². The molecule has 0 aliphatic heterocycles. The second kappa shape index (κ2) is 31.4. The number of anilines is 6. The summed E-state index contributed by atoms with van der Waals surface area (Å²) in [5, 5.41) is 19.8. The minimum Gasteiger partial charge on any atom is -0.481 e. The van der Waals surface area contributed by atoms with Gasteiger partial charge in [-0.15, -0.1) is 0 Å². The number of nitrogens with two attached hydrogens (primary N) is 1. The number of aromatic nitrogens is 6. The molecule has 3 aromatic heterocycles. The lowest BCUT2D eigenvalue weighted by Gasteiger charge is -2.18. The lowest BCUT2D eigenvalue weighted by Crippen LogP contribution is -2.18. The predicted molar refractivity (Wildman–Crippen MR) is 363 cm³/mol. The topological polar surface area (TPSA) is 261 Å². The van der Waals surface area contributed by atoms with E-state index in [0.29, 0.717) is 99.1 Å². The van der Waals surface area contributed by atoms with Crippen molar-refractivity contribution >= 4 is 121 Å². The van der Waals surface area contributed by atoms with Crippen LogP contribution in [0.1, 0.15) is 71.6 Å². The lowest BCUT2D eigenvalue weighted by molar-refractivity contribution is -0.140. The van der Waals surface area contributed by atoms with Crippen molar-refractivity contribution in [1.82, 2.24) is 29.9 Å². The number of carbonyl (C=O) groups is 5. The molecule has 0 bridgehead atoms. The maximum absolute atomic E-state index is 12.7. The molecule has 10 rings (SSSR count). The molecule has 0 spiro atoms. The number of fused-ring (bicyclic) bond motifs is 2. The molecule has 0 aliphatic rings. The van der Waals surface area contributed by atoms with Crippen molar-refractivity contribution < 1.29 is 38.6 Å². The Morgan fingerprint density at radius 2 is 0.750 bits per heavy atom. The van der Waals surface area contributed by atoms with Crippen molar-refractivity contribution in [3.63, 3.8) is 0 Å². The number of methoxy groups -OCH3 is 2. The molecule has 5 N–H and O–H groups in total. The third kappa shape index (κ3) is 18.4. The van der Waals surface area contributed by atoms with Gasteiger partial charge >= 0.3 is 17.9 Å². The maximum atomic E-state index is 12.7. The van der Waals surface area contributed by atoms with E-state index in [1.807, 2.05) is 186 Å². The Labute approximate surface area is 547 Å². The quantitative estimate of drug-likeness (QED) is 0.0333. The highest BCUT2D eigenvalue weighted by molar-refractivity contribution is 6.31. The molecule has 0 atom stereocenters. The summed E-state index contributed by atoms with van der Waals surface area (Å²) in [5.41, 5.74) is 13.3. The largest absolute Gasteiger partial charge is 0.481 e. The number of hydrogen-bond acceptors (Lipinski definition) is 17. The fourth-order valence-electron chi connectivity index (χ4n) is 9.51. The fourth-order valence-corrected chi connectivity index (χ4v) is 10.3. The van der Waals surface area contributed by atoms with Crippen molar-refractivity contribution in [2.24, 2.45) is 0 Å². The summed E-state index contributed by atoms with van der Waals surface area (Å²) in [7, 11) is 13.6. The molecule has 3 heterocycles. The van der Waals surface area contributed by atoms with Gasteiger partial charge in [0.2, 0.25) is 0 Å². The number of amides is 2. The minimum atomic E-state index is -0.998. The summed E-state index contributed by atoms with van der Waals surface area (Å²) in [4.78, 5) is 91.8. The smallest absolute Gasteiger partial charge is 0.310 e. The van der Waals surface area contributed by atoms with E-state index in [2.05, 4.69) is 40.5 Å². The highest BCUT2D eigenvalue weighted by Crippen LogP contribution is 2.29. The van der Waals surface area contributed by atoms with E-state index in [0.717, 1.165) is 38.2 Å². The van der Waals surface area contributed by atoms with E-state index in [4.69, 9.17) is 55.1 Å². The van der Waals surface area contributed by atoms with Gasteiger partial charge in [0.1, 0.15) is 50.4 Å². The SMILES string of the molecule is CN(C)c1nc(Cc2ccc(NC(=O)c3ccc4ccccc4c3)cc2)nc(Cl)c1CC(=O)O.COC(=O)Cc1c(Cl)nc(Cc2ccc(N)cc2)nc1N(C)C.COC(=O)Cc1c(Cl)nc(Cc2ccc(NC(=O)c3ccc4ccccc4c3)cc2)nc1N(C)C. The van der Waals surface area contributed by atoms with Crippen LogP contribution in [0.25, 0.3) is 21.5 Å². The van der Waals surface area contributed by atoms with Crippen LogP contribution in [0.4, 0.5) is 34.5 Å². The van der Waals surface area contributed by atoms with Crippen molar-refractivity contribution in [2.45, 2.75) is 38.5 Å². The van der Waals surface area contributed by atoms with Gasteiger partial charge in [-0.05, 0) is 98.9 Å². The predicted octanol–water partition coefficient (Wildman–Crippen LogP) is 11.8. The normalized spacial score (nSPS) is 10.7. The van der Waals surface area contributed by atoms with Gasteiger partial charge < -0.3 is 45.6 Å². The van der Waals surface area contributed by atoms with E-state index in [9.17, 15) is 24.0 Å². The van der Waals surface area contributed by atoms with Gasteiger partial charge in [0, 0.05) is 106 Å². The number of esters is 2. The Kier molecular flexibility index (Phi) is 23.1. The molecular weight excluding hydrogens is 1230 g/mol. The van der Waals surface area contributed by atoms with Crippen LogP contribution >= 0.6 is 34.8 Å². The molecule has 0 saturated carbocycles. The molecule has 92 heavy (non-hydrogen) atoms. The number of nitrogen functional groups attached to an aromatic ring is 1. The number of carbonyl (C=O) groups excluding carboxylic acids is 4. The first-order valence-electron chi connectivity index (χ1n) is 28.7. The maximum Gasteiger partial charge on any atom is 0.310 e. The standard InChI is InChI=1S/C27H25ClN4O3.C26H23ClN4O3.C16H19ClN4O2/c1-32(2)26-22(16-24(33)35-3)25(28)30-23(31-26)14-17-8-12-21(13-9-17)29-27(34)20-11-10-18-6-4-5-7-19(18)15-20;1-31(2)25-21(15-23(32)33)24(27)29-22(30-25)13-16-7-11-20(12-8-16)28-26(34)19-10-9-17-5-3-4-6-18(17)14-19;1-21(2)16-12(9-14(22)23-3)15(17)19-13(20-16)8-10-4-6-11(18)7-5-10/h4-13,15H,14,16H2,1-3H3,(H,29,34);3-12,14H,13,15H2,1-2H3,(H,28,34)(H,32,33);4-7H,8-9,18H2,1-3H3. The minimum absolute atomic E-state index is 0.00523. The van der Waals surface area contributed by atoms with Crippen molar-refractivity contribution in [2.75, 3.05) is 87.6 Å². The summed E-state index contributed by atoms with van der Waals surface area (Å²) in [6.07, 6.45) is 1.15. The Bertz CT molecular complexity index is 4310. The summed E-state index contributed by atoms with van der Waals surface area (Å²) < 4.78 is 9.45. The van der Waals surface area contributed by atoms with Gasteiger partial charge in [-0.3, -0.25) is 24.0 Å². The number of halogens is 3. The van der Waals surface area contributed by atoms with E-state index in [-0.39, 0.29) is 52.5 Å². The number of carboxylic acid groups (broad SMARTS) is 1. The molecule has 7 aromatic carbocycles. The lowest BCUT2D eigenvalue weighted by atomic mass is 10.1. The molecule has 0 unspecified atom stereocenters. The van der Waals surface area contributed by atoms with Gasteiger partial charge in [0.15, 0.2) is 0 Å². The number of nitrogens with zero attached hydrogens (tertiary/aromatic N) is 9. The van der Waals surface area contributed by atoms with Gasteiger partial charge in [0.05, 0.1) is 33.5 Å². The molecule has 0 saturated heterocycles. The first kappa shape index (κ1) is 67.6. The second-order valence-corrected chi connectivity index (χ2v) is 22.7. The molecule has 0 radical (unpaired) electrons. The van der Waals surface area contributed by atoms with Gasteiger partial charge in [-0.25, -0.2) is 29.9 Å². The highest BCUT2D eigenvalue weighted by Gasteiger charge is 2.22. The first-order chi connectivity index (χ1) is 44.0. The second-order valence-electron chi connectivity index (χ2n) is 21.7. The highest BCUT2D eigenvalue weighted by atomic mass is 35.5. The number of ether oxygens (including phenoxy) is 2. The average Bonchev–Trinajstić information content (AvgIpc) is 0.967. The van der Waals surface area contributed by atoms with Crippen LogP contribution in [-0.2, 0) is 62.4 Å².